The molecule has 0 atom stereocenters. The maximum atomic E-state index is 12.8. The molecule has 6 heteroatoms. The molecule has 0 aliphatic rings. The Morgan fingerprint density at radius 2 is 0.682 bits per heavy atom. The molecule has 0 radical (unpaired) electrons. The summed E-state index contributed by atoms with van der Waals surface area (Å²) in [5, 5.41) is 0. The van der Waals surface area contributed by atoms with Gasteiger partial charge in [0.1, 0.15) is 13.5 Å². The van der Waals surface area contributed by atoms with E-state index in [-0.39, 0.29) is 11.9 Å². The predicted octanol–water partition coefficient (Wildman–Crippen LogP) is 10.4. The van der Waals surface area contributed by atoms with Crippen molar-refractivity contribution in [3.05, 3.63) is 35.4 Å². The van der Waals surface area contributed by atoms with Crippen LogP contribution in [-0.2, 0) is 9.47 Å². The fraction of sp³-hybridized carbons (Fsp3) is 0.789. The first kappa shape index (κ1) is 40.1. The van der Waals surface area contributed by atoms with E-state index in [1.54, 1.807) is 24.3 Å². The summed E-state index contributed by atoms with van der Waals surface area (Å²) < 4.78 is 11.4. The second kappa shape index (κ2) is 28.5. The number of esters is 2. The molecule has 1 aromatic rings. The van der Waals surface area contributed by atoms with E-state index in [2.05, 4.69) is 37.5 Å². The van der Waals surface area contributed by atoms with E-state index in [0.717, 1.165) is 51.9 Å². The monoisotopic (exact) mass is 617 g/mol. The van der Waals surface area contributed by atoms with Crippen molar-refractivity contribution in [3.8, 4) is 0 Å². The molecule has 0 spiro atoms. The van der Waals surface area contributed by atoms with Gasteiger partial charge >= 0.3 is 11.9 Å². The molecule has 0 unspecified atom stereocenters. The fourth-order valence-corrected chi connectivity index (χ4v) is 5.45. The van der Waals surface area contributed by atoms with Crippen LogP contribution in [0.4, 0.5) is 0 Å². The normalized spacial score (nSPS) is 11.4. The van der Waals surface area contributed by atoms with Crippen molar-refractivity contribution in [2.24, 2.45) is 0 Å². The van der Waals surface area contributed by atoms with Gasteiger partial charge in [0.2, 0.25) is 0 Å². The molecule has 0 amide bonds. The van der Waals surface area contributed by atoms with E-state index in [0.29, 0.717) is 24.6 Å². The van der Waals surface area contributed by atoms with Crippen LogP contribution >= 0.6 is 0 Å². The third-order valence-electron chi connectivity index (χ3n) is 8.42. The molecule has 6 nitrogen and oxygen atoms in total. The second-order valence-corrected chi connectivity index (χ2v) is 12.6. The highest BCUT2D eigenvalue weighted by Crippen LogP contribution is 2.12. The van der Waals surface area contributed by atoms with Crippen LogP contribution in [-0.4, -0.2) is 61.4 Å². The summed E-state index contributed by atoms with van der Waals surface area (Å²) in [6.07, 6.45) is 24.6. The van der Waals surface area contributed by atoms with E-state index in [4.69, 9.17) is 9.47 Å². The van der Waals surface area contributed by atoms with Gasteiger partial charge in [-0.05, 0) is 49.9 Å². The highest BCUT2D eigenvalue weighted by molar-refractivity contribution is 5.93. The lowest BCUT2D eigenvalue weighted by Gasteiger charge is -2.22. The topological polar surface area (TPSA) is 59.1 Å². The lowest BCUT2D eigenvalue weighted by atomic mass is 10.1. The molecule has 44 heavy (non-hydrogen) atoms. The highest BCUT2D eigenvalue weighted by atomic mass is 16.5. The van der Waals surface area contributed by atoms with Crippen molar-refractivity contribution in [3.63, 3.8) is 0 Å². The van der Waals surface area contributed by atoms with Crippen LogP contribution in [0, 0.1) is 0 Å². The van der Waals surface area contributed by atoms with Gasteiger partial charge in [-0.15, -0.1) is 0 Å². The molecule has 0 aliphatic heterocycles. The molecular weight excluding hydrogens is 548 g/mol. The Labute approximate surface area is 271 Å². The van der Waals surface area contributed by atoms with Crippen LogP contribution in [0.25, 0.3) is 0 Å². The van der Waals surface area contributed by atoms with E-state index in [1.165, 1.54) is 103 Å². The summed E-state index contributed by atoms with van der Waals surface area (Å²) in [5.74, 6) is -0.687. The summed E-state index contributed by atoms with van der Waals surface area (Å²) >= 11 is 0. The Kier molecular flexibility index (Phi) is 26.0. The first-order valence-corrected chi connectivity index (χ1v) is 18.4. The number of hydrogen-bond acceptors (Lipinski definition) is 6. The van der Waals surface area contributed by atoms with Crippen LogP contribution in [0.3, 0.4) is 0 Å². The largest absolute Gasteiger partial charge is 0.446 e. The molecule has 0 saturated heterocycles. The van der Waals surface area contributed by atoms with Crippen LogP contribution in [0.2, 0.25) is 0 Å². The van der Waals surface area contributed by atoms with Crippen LogP contribution < -0.4 is 0 Å². The fourth-order valence-electron chi connectivity index (χ4n) is 5.45. The Bertz CT molecular complexity index is 719. The first-order valence-electron chi connectivity index (χ1n) is 18.4. The lowest BCUT2D eigenvalue weighted by Crippen LogP contribution is -2.30. The van der Waals surface area contributed by atoms with E-state index in [9.17, 15) is 9.59 Å². The Hall–Kier alpha value is -1.92. The quantitative estimate of drug-likeness (QED) is 0.0487. The van der Waals surface area contributed by atoms with Gasteiger partial charge in [0.05, 0.1) is 11.1 Å². The molecule has 1 rings (SSSR count). The van der Waals surface area contributed by atoms with Crippen molar-refractivity contribution < 1.29 is 19.1 Å². The average Bonchev–Trinajstić information content (AvgIpc) is 3.04. The summed E-state index contributed by atoms with van der Waals surface area (Å²) in [6.45, 7) is 13.4. The minimum absolute atomic E-state index is 0.316. The molecule has 0 fully saturated rings. The van der Waals surface area contributed by atoms with Crippen molar-refractivity contribution in [1.82, 2.24) is 9.80 Å². The standard InChI is InChI=1S/C38H68N2O4/c1-5-9-13-17-21-29-39(30-22-18-14-10-6-2)33-43-37(41)35-25-27-36(28-26-35)38(42)44-34-40(31-23-19-15-11-7-3)32-24-20-16-12-8-4/h25-28H,5-24,29-34H2,1-4H3. The number of carbonyl (C=O) groups is 2. The lowest BCUT2D eigenvalue weighted by molar-refractivity contribution is 0.0195. The first-order chi connectivity index (χ1) is 21.5. The molecule has 0 saturated carbocycles. The number of unbranched alkanes of at least 4 members (excludes halogenated alkanes) is 16. The minimum Gasteiger partial charge on any atom is -0.446 e. The van der Waals surface area contributed by atoms with Crippen molar-refractivity contribution in [2.45, 2.75) is 156 Å². The number of hydrogen-bond donors (Lipinski definition) is 0. The van der Waals surface area contributed by atoms with Gasteiger partial charge in [-0.1, -0.05) is 130 Å². The van der Waals surface area contributed by atoms with E-state index < -0.39 is 0 Å². The third kappa shape index (κ3) is 20.9. The van der Waals surface area contributed by atoms with Gasteiger partial charge in [-0.3, -0.25) is 9.80 Å². The Morgan fingerprint density at radius 1 is 0.432 bits per heavy atom. The van der Waals surface area contributed by atoms with E-state index in [1.807, 2.05) is 0 Å². The van der Waals surface area contributed by atoms with Gasteiger partial charge in [-0.2, -0.15) is 0 Å². The van der Waals surface area contributed by atoms with Gasteiger partial charge in [-0.25, -0.2) is 9.59 Å². The van der Waals surface area contributed by atoms with Gasteiger partial charge in [0.15, 0.2) is 0 Å². The van der Waals surface area contributed by atoms with Gasteiger partial charge in [0.25, 0.3) is 0 Å². The van der Waals surface area contributed by atoms with Crippen LogP contribution in [0.1, 0.15) is 177 Å². The van der Waals surface area contributed by atoms with Gasteiger partial charge in [0, 0.05) is 26.2 Å². The minimum atomic E-state index is -0.343. The zero-order valence-electron chi connectivity index (χ0n) is 29.2. The zero-order chi connectivity index (χ0) is 32.1. The number of ether oxygens (including phenoxy) is 2. The van der Waals surface area contributed by atoms with Crippen molar-refractivity contribution in [1.29, 1.82) is 0 Å². The van der Waals surface area contributed by atoms with Crippen molar-refractivity contribution >= 4 is 11.9 Å². The maximum absolute atomic E-state index is 12.8. The summed E-state index contributed by atoms with van der Waals surface area (Å²) in [6, 6.07) is 6.71. The molecular formula is C38H68N2O4. The SMILES string of the molecule is CCCCCCCN(CCCCCCC)COC(=O)c1ccc(C(=O)OCN(CCCCCCC)CCCCCCC)cc1. The molecule has 254 valence electrons. The summed E-state index contributed by atoms with van der Waals surface area (Å²) in [5.41, 5.74) is 0.932. The molecule has 0 aliphatic carbocycles. The van der Waals surface area contributed by atoms with Gasteiger partial charge < -0.3 is 9.47 Å². The average molecular weight is 617 g/mol. The highest BCUT2D eigenvalue weighted by Gasteiger charge is 2.15. The zero-order valence-corrected chi connectivity index (χ0v) is 29.2. The number of nitrogens with zero attached hydrogens (tertiary/aromatic N) is 2. The maximum Gasteiger partial charge on any atom is 0.339 e. The molecule has 1 aromatic carbocycles. The van der Waals surface area contributed by atoms with E-state index >= 15 is 0 Å². The molecule has 0 bridgehead atoms. The number of carbonyl (C=O) groups excluding carboxylic acids is 2. The Morgan fingerprint density at radius 3 is 0.932 bits per heavy atom. The summed E-state index contributed by atoms with van der Waals surface area (Å²) in [7, 11) is 0. The predicted molar refractivity (Wildman–Crippen MR) is 185 cm³/mol. The molecule has 0 heterocycles. The molecule has 0 aromatic heterocycles. The Balaban J connectivity index is 2.57. The number of benzene rings is 1. The summed E-state index contributed by atoms with van der Waals surface area (Å²) in [4.78, 5) is 30.2. The third-order valence-corrected chi connectivity index (χ3v) is 8.42. The van der Waals surface area contributed by atoms with Crippen molar-refractivity contribution in [2.75, 3.05) is 39.6 Å². The second-order valence-electron chi connectivity index (χ2n) is 12.6. The van der Waals surface area contributed by atoms with Crippen LogP contribution in [0.15, 0.2) is 24.3 Å². The molecule has 0 N–H and O–H groups in total. The smallest absolute Gasteiger partial charge is 0.339 e. The number of rotatable bonds is 30. The van der Waals surface area contributed by atoms with Crippen LogP contribution in [0.5, 0.6) is 0 Å².